The van der Waals surface area contributed by atoms with Crippen LogP contribution < -0.4 is 4.74 Å². The number of rotatable bonds is 4. The van der Waals surface area contributed by atoms with Crippen LogP contribution in [0.5, 0.6) is 5.75 Å². The predicted molar refractivity (Wildman–Crippen MR) is 82.0 cm³/mol. The van der Waals surface area contributed by atoms with E-state index in [0.29, 0.717) is 0 Å². The molecule has 0 radical (unpaired) electrons. The van der Waals surface area contributed by atoms with Gasteiger partial charge in [0.15, 0.2) is 0 Å². The van der Waals surface area contributed by atoms with E-state index in [1.54, 1.807) is 0 Å². The number of benzene rings is 2. The molecule has 1 heterocycles. The Morgan fingerprint density at radius 3 is 2.65 bits per heavy atom. The number of H-pyrrole nitrogens is 1. The maximum absolute atomic E-state index is 5.83. The van der Waals surface area contributed by atoms with Crippen LogP contribution >= 0.6 is 0 Å². The second-order valence-corrected chi connectivity index (χ2v) is 5.55. The topological polar surface area (TPSA) is 25.0 Å². The number of aromatic amines is 1. The van der Waals surface area contributed by atoms with Crippen LogP contribution in [-0.4, -0.2) is 11.6 Å². The molecular formula is C18H17NO. The number of fused-ring (bicyclic) bond motifs is 1. The molecule has 1 aromatic heterocycles. The van der Waals surface area contributed by atoms with Crippen molar-refractivity contribution in [3.63, 3.8) is 0 Å². The van der Waals surface area contributed by atoms with Gasteiger partial charge in [-0.3, -0.25) is 0 Å². The summed E-state index contributed by atoms with van der Waals surface area (Å²) >= 11 is 0. The summed E-state index contributed by atoms with van der Waals surface area (Å²) in [4.78, 5) is 3.48. The van der Waals surface area contributed by atoms with E-state index in [-0.39, 0.29) is 0 Å². The van der Waals surface area contributed by atoms with Gasteiger partial charge in [0, 0.05) is 22.7 Å². The molecule has 4 rings (SSSR count). The molecule has 0 saturated heterocycles. The van der Waals surface area contributed by atoms with Crippen LogP contribution in [0.15, 0.2) is 54.6 Å². The average Bonchev–Trinajstić information content (AvgIpc) is 3.23. The van der Waals surface area contributed by atoms with Gasteiger partial charge in [-0.25, -0.2) is 0 Å². The van der Waals surface area contributed by atoms with Gasteiger partial charge in [0.05, 0.1) is 6.61 Å². The van der Waals surface area contributed by atoms with E-state index < -0.39 is 0 Å². The van der Waals surface area contributed by atoms with Gasteiger partial charge in [0.2, 0.25) is 0 Å². The van der Waals surface area contributed by atoms with Gasteiger partial charge in [-0.05, 0) is 42.5 Å². The highest BCUT2D eigenvalue weighted by atomic mass is 16.5. The van der Waals surface area contributed by atoms with Gasteiger partial charge in [-0.1, -0.05) is 30.3 Å². The molecule has 2 aromatic carbocycles. The highest BCUT2D eigenvalue weighted by molar-refractivity contribution is 5.86. The molecule has 0 spiro atoms. The summed E-state index contributed by atoms with van der Waals surface area (Å²) < 4.78 is 5.83. The summed E-state index contributed by atoms with van der Waals surface area (Å²) in [7, 11) is 0. The summed E-state index contributed by atoms with van der Waals surface area (Å²) in [6.07, 6.45) is 2.64. The minimum atomic E-state index is 0.786. The fraction of sp³-hybridized carbons (Fsp3) is 0.222. The predicted octanol–water partition coefficient (Wildman–Crippen LogP) is 4.62. The van der Waals surface area contributed by atoms with Crippen LogP contribution in [0.3, 0.4) is 0 Å². The van der Waals surface area contributed by atoms with Gasteiger partial charge in [-0.2, -0.15) is 0 Å². The average molecular weight is 263 g/mol. The van der Waals surface area contributed by atoms with Crippen molar-refractivity contribution >= 4 is 10.9 Å². The third-order valence-corrected chi connectivity index (χ3v) is 3.86. The second-order valence-electron chi connectivity index (χ2n) is 5.55. The minimum absolute atomic E-state index is 0.786. The first kappa shape index (κ1) is 11.6. The zero-order chi connectivity index (χ0) is 13.4. The molecule has 0 aliphatic heterocycles. The van der Waals surface area contributed by atoms with E-state index in [2.05, 4.69) is 53.5 Å². The van der Waals surface area contributed by atoms with Crippen molar-refractivity contribution in [2.24, 2.45) is 5.92 Å². The smallest absolute Gasteiger partial charge is 0.121 e. The zero-order valence-corrected chi connectivity index (χ0v) is 11.3. The van der Waals surface area contributed by atoms with Crippen molar-refractivity contribution in [3.8, 4) is 17.0 Å². The molecule has 0 atom stereocenters. The van der Waals surface area contributed by atoms with E-state index in [1.165, 1.54) is 23.8 Å². The van der Waals surface area contributed by atoms with E-state index in [4.69, 9.17) is 4.74 Å². The van der Waals surface area contributed by atoms with Crippen molar-refractivity contribution in [2.45, 2.75) is 12.8 Å². The Hall–Kier alpha value is -2.22. The van der Waals surface area contributed by atoms with Gasteiger partial charge in [0.25, 0.3) is 0 Å². The second kappa shape index (κ2) is 4.71. The van der Waals surface area contributed by atoms with Crippen LogP contribution in [0.2, 0.25) is 0 Å². The maximum Gasteiger partial charge on any atom is 0.121 e. The van der Waals surface area contributed by atoms with Crippen LogP contribution in [0.4, 0.5) is 0 Å². The van der Waals surface area contributed by atoms with Gasteiger partial charge in [0.1, 0.15) is 5.75 Å². The Balaban J connectivity index is 1.64. The lowest BCUT2D eigenvalue weighted by atomic mass is 10.1. The lowest BCUT2D eigenvalue weighted by molar-refractivity contribution is 0.300. The molecule has 3 aromatic rings. The summed E-state index contributed by atoms with van der Waals surface area (Å²) in [6, 6.07) is 18.9. The maximum atomic E-state index is 5.83. The number of ether oxygens (including phenoxy) is 1. The van der Waals surface area contributed by atoms with Crippen LogP contribution in [0, 0.1) is 5.92 Å². The van der Waals surface area contributed by atoms with Gasteiger partial charge in [-0.15, -0.1) is 0 Å². The van der Waals surface area contributed by atoms with Gasteiger partial charge >= 0.3 is 0 Å². The number of aromatic nitrogens is 1. The number of hydrogen-bond donors (Lipinski definition) is 1. The largest absolute Gasteiger partial charge is 0.493 e. The Morgan fingerprint density at radius 1 is 1.00 bits per heavy atom. The summed E-state index contributed by atoms with van der Waals surface area (Å²) in [5.74, 6) is 1.75. The monoisotopic (exact) mass is 263 g/mol. The summed E-state index contributed by atoms with van der Waals surface area (Å²) in [5, 5.41) is 1.22. The summed E-state index contributed by atoms with van der Waals surface area (Å²) in [5.41, 5.74) is 3.50. The summed E-state index contributed by atoms with van der Waals surface area (Å²) in [6.45, 7) is 0.859. The Bertz CT molecular complexity index is 726. The van der Waals surface area contributed by atoms with Gasteiger partial charge < -0.3 is 9.72 Å². The first-order chi connectivity index (χ1) is 9.88. The quantitative estimate of drug-likeness (QED) is 0.729. The molecule has 1 saturated carbocycles. The molecule has 2 heteroatoms. The van der Waals surface area contributed by atoms with E-state index in [9.17, 15) is 0 Å². The zero-order valence-electron chi connectivity index (χ0n) is 11.3. The number of hydrogen-bond acceptors (Lipinski definition) is 1. The fourth-order valence-corrected chi connectivity index (χ4v) is 2.47. The highest BCUT2D eigenvalue weighted by Crippen LogP contribution is 2.31. The third-order valence-electron chi connectivity index (χ3n) is 3.86. The van der Waals surface area contributed by atoms with Crippen molar-refractivity contribution < 1.29 is 4.74 Å². The Labute approximate surface area is 118 Å². The standard InChI is InChI=1S/C18H17NO/c1-2-4-14(5-3-1)17-10-15-8-9-16(11-18(15)19-17)20-12-13-6-7-13/h1-5,8-11,13,19H,6-7,12H2. The van der Waals surface area contributed by atoms with E-state index in [0.717, 1.165) is 29.5 Å². The van der Waals surface area contributed by atoms with E-state index in [1.807, 2.05) is 6.07 Å². The molecule has 0 bridgehead atoms. The highest BCUT2D eigenvalue weighted by Gasteiger charge is 2.21. The molecule has 0 amide bonds. The molecule has 0 unspecified atom stereocenters. The van der Waals surface area contributed by atoms with Crippen LogP contribution in [0.25, 0.3) is 22.2 Å². The number of nitrogens with one attached hydrogen (secondary N) is 1. The molecule has 1 aliphatic rings. The van der Waals surface area contributed by atoms with Crippen molar-refractivity contribution in [2.75, 3.05) is 6.61 Å². The molecular weight excluding hydrogens is 246 g/mol. The first-order valence-corrected chi connectivity index (χ1v) is 7.19. The minimum Gasteiger partial charge on any atom is -0.493 e. The molecule has 20 heavy (non-hydrogen) atoms. The van der Waals surface area contributed by atoms with Crippen LogP contribution in [-0.2, 0) is 0 Å². The molecule has 1 fully saturated rings. The van der Waals surface area contributed by atoms with Crippen molar-refractivity contribution in [1.82, 2.24) is 4.98 Å². The Morgan fingerprint density at radius 2 is 1.85 bits per heavy atom. The molecule has 1 N–H and O–H groups in total. The van der Waals surface area contributed by atoms with E-state index >= 15 is 0 Å². The lowest BCUT2D eigenvalue weighted by Crippen LogP contribution is -1.98. The molecule has 2 nitrogen and oxygen atoms in total. The normalized spacial score (nSPS) is 14.6. The Kier molecular flexibility index (Phi) is 2.73. The van der Waals surface area contributed by atoms with Crippen molar-refractivity contribution in [3.05, 3.63) is 54.6 Å². The molecule has 1 aliphatic carbocycles. The third kappa shape index (κ3) is 2.29. The SMILES string of the molecule is c1ccc(-c2cc3ccc(OCC4CC4)cc3[nH]2)cc1. The first-order valence-electron chi connectivity index (χ1n) is 7.19. The lowest BCUT2D eigenvalue weighted by Gasteiger charge is -2.04. The fourth-order valence-electron chi connectivity index (χ4n) is 2.47. The van der Waals surface area contributed by atoms with Crippen LogP contribution in [0.1, 0.15) is 12.8 Å². The molecule has 100 valence electrons. The van der Waals surface area contributed by atoms with Crippen molar-refractivity contribution in [1.29, 1.82) is 0 Å².